The largest absolute Gasteiger partial charge is 0.496 e. The highest BCUT2D eigenvalue weighted by atomic mass is 16.5. The van der Waals surface area contributed by atoms with E-state index in [2.05, 4.69) is 10.1 Å². The minimum absolute atomic E-state index is 0.0557. The van der Waals surface area contributed by atoms with E-state index in [9.17, 15) is 15.0 Å². The molecule has 2 heterocycles. The van der Waals surface area contributed by atoms with Gasteiger partial charge in [-0.05, 0) is 43.5 Å². The van der Waals surface area contributed by atoms with Crippen LogP contribution in [-0.4, -0.2) is 57.4 Å². The molecule has 1 aliphatic carbocycles. The predicted molar refractivity (Wildman–Crippen MR) is 121 cm³/mol. The molecule has 0 saturated heterocycles. The lowest BCUT2D eigenvalue weighted by Crippen LogP contribution is -2.31. The van der Waals surface area contributed by atoms with Gasteiger partial charge >= 0.3 is 5.97 Å². The SMILES string of the molecule is COc1cc(C(O)C(Cn2cc3ccnc(C(=O)O)c3n2)OC2CCCC2)cc(OC)c1C. The van der Waals surface area contributed by atoms with Crippen molar-refractivity contribution in [2.24, 2.45) is 0 Å². The van der Waals surface area contributed by atoms with Crippen molar-refractivity contribution in [3.05, 3.63) is 47.4 Å². The fourth-order valence-electron chi connectivity index (χ4n) is 4.41. The van der Waals surface area contributed by atoms with Crippen LogP contribution in [0.15, 0.2) is 30.6 Å². The van der Waals surface area contributed by atoms with Gasteiger partial charge in [0.15, 0.2) is 5.69 Å². The first kappa shape index (κ1) is 23.0. The Morgan fingerprint density at radius 3 is 2.48 bits per heavy atom. The molecule has 0 aliphatic heterocycles. The van der Waals surface area contributed by atoms with E-state index >= 15 is 0 Å². The monoisotopic (exact) mass is 455 g/mol. The van der Waals surface area contributed by atoms with Gasteiger partial charge in [0.2, 0.25) is 0 Å². The van der Waals surface area contributed by atoms with Crippen LogP contribution >= 0.6 is 0 Å². The van der Waals surface area contributed by atoms with Crippen molar-refractivity contribution in [1.82, 2.24) is 14.8 Å². The molecule has 33 heavy (non-hydrogen) atoms. The molecule has 0 spiro atoms. The van der Waals surface area contributed by atoms with Crippen LogP contribution in [0.4, 0.5) is 0 Å². The highest BCUT2D eigenvalue weighted by molar-refractivity contribution is 5.99. The second-order valence-electron chi connectivity index (χ2n) is 8.33. The van der Waals surface area contributed by atoms with Gasteiger partial charge in [-0.2, -0.15) is 5.10 Å². The van der Waals surface area contributed by atoms with Crippen LogP contribution in [0, 0.1) is 6.92 Å². The minimum atomic E-state index is -1.14. The minimum Gasteiger partial charge on any atom is -0.496 e. The molecule has 1 saturated carbocycles. The fraction of sp³-hybridized carbons (Fsp3) is 0.458. The number of aliphatic hydroxyl groups is 1. The normalized spacial score (nSPS) is 16.1. The number of carboxylic acids is 1. The van der Waals surface area contributed by atoms with Gasteiger partial charge in [0.25, 0.3) is 0 Å². The summed E-state index contributed by atoms with van der Waals surface area (Å²) in [5.41, 5.74) is 1.66. The summed E-state index contributed by atoms with van der Waals surface area (Å²) in [6.45, 7) is 2.13. The molecule has 4 rings (SSSR count). The Balaban J connectivity index is 1.68. The maximum absolute atomic E-state index is 11.5. The highest BCUT2D eigenvalue weighted by Gasteiger charge is 2.29. The van der Waals surface area contributed by atoms with Crippen molar-refractivity contribution in [2.45, 2.75) is 57.5 Å². The molecular weight excluding hydrogens is 426 g/mol. The van der Waals surface area contributed by atoms with Gasteiger partial charge in [-0.3, -0.25) is 4.68 Å². The molecule has 2 atom stereocenters. The van der Waals surface area contributed by atoms with E-state index in [-0.39, 0.29) is 18.3 Å². The van der Waals surface area contributed by atoms with Gasteiger partial charge in [-0.15, -0.1) is 0 Å². The van der Waals surface area contributed by atoms with Crippen molar-refractivity contribution < 1.29 is 29.2 Å². The van der Waals surface area contributed by atoms with Crippen molar-refractivity contribution in [1.29, 1.82) is 0 Å². The van der Waals surface area contributed by atoms with Crippen molar-refractivity contribution >= 4 is 16.9 Å². The number of methoxy groups -OCH3 is 2. The molecule has 3 aromatic rings. The summed E-state index contributed by atoms with van der Waals surface area (Å²) in [7, 11) is 3.15. The summed E-state index contributed by atoms with van der Waals surface area (Å²) in [4.78, 5) is 15.4. The summed E-state index contributed by atoms with van der Waals surface area (Å²) in [5.74, 6) is 0.0959. The number of aromatic nitrogens is 3. The van der Waals surface area contributed by atoms with Gasteiger partial charge in [-0.25, -0.2) is 9.78 Å². The Labute approximate surface area is 191 Å². The molecule has 1 aliphatic rings. The topological polar surface area (TPSA) is 116 Å². The molecule has 0 bridgehead atoms. The summed E-state index contributed by atoms with van der Waals surface area (Å²) in [6, 6.07) is 5.30. The third kappa shape index (κ3) is 4.79. The molecule has 0 amide bonds. The first-order valence-corrected chi connectivity index (χ1v) is 11.0. The van der Waals surface area contributed by atoms with Gasteiger partial charge in [0.1, 0.15) is 29.2 Å². The van der Waals surface area contributed by atoms with Crippen molar-refractivity contribution in [3.63, 3.8) is 0 Å². The summed E-state index contributed by atoms with van der Waals surface area (Å²) in [5, 5.41) is 25.9. The second kappa shape index (κ2) is 9.76. The zero-order valence-electron chi connectivity index (χ0n) is 19.0. The third-order valence-electron chi connectivity index (χ3n) is 6.18. The molecule has 2 unspecified atom stereocenters. The number of aromatic carboxylic acids is 1. The average molecular weight is 456 g/mol. The number of pyridine rings is 1. The number of fused-ring (bicyclic) bond motifs is 1. The molecule has 2 aromatic heterocycles. The summed E-state index contributed by atoms with van der Waals surface area (Å²) >= 11 is 0. The molecule has 9 heteroatoms. The number of ether oxygens (including phenoxy) is 3. The number of aliphatic hydroxyl groups excluding tert-OH is 1. The van der Waals surface area contributed by atoms with Crippen molar-refractivity contribution in [2.75, 3.05) is 14.2 Å². The molecule has 9 nitrogen and oxygen atoms in total. The van der Waals surface area contributed by atoms with E-state index in [1.54, 1.807) is 43.3 Å². The number of hydrogen-bond acceptors (Lipinski definition) is 7. The first-order valence-electron chi connectivity index (χ1n) is 11.0. The summed E-state index contributed by atoms with van der Waals surface area (Å²) < 4.78 is 18.9. The summed E-state index contributed by atoms with van der Waals surface area (Å²) in [6.07, 6.45) is 5.74. The Morgan fingerprint density at radius 2 is 1.88 bits per heavy atom. The first-order chi connectivity index (χ1) is 15.9. The van der Waals surface area contributed by atoms with Crippen LogP contribution in [0.1, 0.15) is 53.4 Å². The highest BCUT2D eigenvalue weighted by Crippen LogP contribution is 2.35. The van der Waals surface area contributed by atoms with E-state index < -0.39 is 18.2 Å². The predicted octanol–water partition coefficient (Wildman–Crippen LogP) is 3.52. The van der Waals surface area contributed by atoms with Gasteiger partial charge < -0.3 is 24.4 Å². The standard InChI is InChI=1S/C24H29N3O6/c1-14-18(31-2)10-16(11-19(14)32-3)23(28)20(33-17-6-4-5-7-17)13-27-12-15-8-9-25-22(24(29)30)21(15)26-27/h8-12,17,20,23,28H,4-7,13H2,1-3H3,(H,29,30). The number of benzene rings is 1. The van der Waals surface area contributed by atoms with Gasteiger partial charge in [0, 0.05) is 23.3 Å². The van der Waals surface area contributed by atoms with E-state index in [0.717, 1.165) is 31.2 Å². The van der Waals surface area contributed by atoms with Crippen LogP contribution in [0.2, 0.25) is 0 Å². The Kier molecular flexibility index (Phi) is 6.80. The molecule has 2 N–H and O–H groups in total. The molecular formula is C24H29N3O6. The zero-order chi connectivity index (χ0) is 23.5. The average Bonchev–Trinajstić information content (AvgIpc) is 3.47. The van der Waals surface area contributed by atoms with Gasteiger partial charge in [0.05, 0.1) is 26.9 Å². The van der Waals surface area contributed by atoms with Crippen molar-refractivity contribution in [3.8, 4) is 11.5 Å². The maximum atomic E-state index is 11.5. The Bertz CT molecular complexity index is 1110. The molecule has 0 radical (unpaired) electrons. The smallest absolute Gasteiger partial charge is 0.356 e. The number of nitrogens with zero attached hydrogens (tertiary/aromatic N) is 3. The van der Waals surface area contributed by atoms with E-state index in [0.29, 0.717) is 28.0 Å². The van der Waals surface area contributed by atoms with Crippen LogP contribution in [0.3, 0.4) is 0 Å². The lowest BCUT2D eigenvalue weighted by molar-refractivity contribution is -0.0845. The number of hydrogen-bond donors (Lipinski definition) is 2. The lowest BCUT2D eigenvalue weighted by atomic mass is 10.0. The second-order valence-corrected chi connectivity index (χ2v) is 8.33. The number of carbonyl (C=O) groups is 1. The van der Waals surface area contributed by atoms with E-state index in [1.807, 2.05) is 6.92 Å². The quantitative estimate of drug-likeness (QED) is 0.504. The zero-order valence-corrected chi connectivity index (χ0v) is 19.0. The number of carboxylic acid groups (broad SMARTS) is 1. The third-order valence-corrected chi connectivity index (χ3v) is 6.18. The van der Waals surface area contributed by atoms with Gasteiger partial charge in [-0.1, -0.05) is 12.8 Å². The Morgan fingerprint density at radius 1 is 1.21 bits per heavy atom. The molecule has 1 fully saturated rings. The maximum Gasteiger partial charge on any atom is 0.356 e. The van der Waals surface area contributed by atoms with Crippen LogP contribution in [0.25, 0.3) is 10.9 Å². The lowest BCUT2D eigenvalue weighted by Gasteiger charge is -2.27. The van der Waals surface area contributed by atoms with Crippen LogP contribution < -0.4 is 9.47 Å². The van der Waals surface area contributed by atoms with Crippen LogP contribution in [-0.2, 0) is 11.3 Å². The van der Waals surface area contributed by atoms with Crippen LogP contribution in [0.5, 0.6) is 11.5 Å². The fourth-order valence-corrected chi connectivity index (χ4v) is 4.41. The van der Waals surface area contributed by atoms with E-state index in [4.69, 9.17) is 14.2 Å². The van der Waals surface area contributed by atoms with E-state index in [1.165, 1.54) is 6.20 Å². The molecule has 176 valence electrons. The number of rotatable bonds is 9. The molecule has 1 aromatic carbocycles. The Hall–Kier alpha value is -3.17.